The van der Waals surface area contributed by atoms with Crippen molar-refractivity contribution in [3.63, 3.8) is 0 Å². The summed E-state index contributed by atoms with van der Waals surface area (Å²) in [6, 6.07) is 0. The van der Waals surface area contributed by atoms with Crippen molar-refractivity contribution >= 4 is 0 Å². The lowest BCUT2D eigenvalue weighted by Crippen LogP contribution is -2.43. The summed E-state index contributed by atoms with van der Waals surface area (Å²) in [4.78, 5) is 0. The predicted molar refractivity (Wildman–Crippen MR) is 40.0 cm³/mol. The number of ether oxygens (including phenoxy) is 1. The third-order valence-electron chi connectivity index (χ3n) is 2.58. The fraction of sp³-hybridized carbons (Fsp3) is 1.00. The van der Waals surface area contributed by atoms with E-state index in [0.29, 0.717) is 6.10 Å². The van der Waals surface area contributed by atoms with E-state index in [1.807, 2.05) is 0 Å². The van der Waals surface area contributed by atoms with Crippen molar-refractivity contribution in [2.24, 2.45) is 5.92 Å². The van der Waals surface area contributed by atoms with Gasteiger partial charge in [-0.15, -0.1) is 0 Å². The Hall–Kier alpha value is -0.0800. The zero-order chi connectivity index (χ0) is 6.81. The zero-order valence-electron chi connectivity index (χ0n) is 6.31. The van der Waals surface area contributed by atoms with Crippen LogP contribution < -0.4 is 5.32 Å². The SMILES string of the molecule is C1CNCC2CCC2OC1. The first kappa shape index (κ1) is 6.62. The van der Waals surface area contributed by atoms with Gasteiger partial charge < -0.3 is 10.1 Å². The molecule has 1 heterocycles. The van der Waals surface area contributed by atoms with Crippen molar-refractivity contribution in [1.82, 2.24) is 5.32 Å². The van der Waals surface area contributed by atoms with Gasteiger partial charge in [-0.1, -0.05) is 0 Å². The van der Waals surface area contributed by atoms with Crippen LogP contribution in [0.3, 0.4) is 0 Å². The van der Waals surface area contributed by atoms with E-state index < -0.39 is 0 Å². The Morgan fingerprint density at radius 3 is 3.10 bits per heavy atom. The average molecular weight is 141 g/mol. The quantitative estimate of drug-likeness (QED) is 0.538. The number of hydrogen-bond acceptors (Lipinski definition) is 2. The van der Waals surface area contributed by atoms with Crippen LogP contribution in [-0.2, 0) is 4.74 Å². The minimum Gasteiger partial charge on any atom is -0.378 e. The van der Waals surface area contributed by atoms with E-state index >= 15 is 0 Å². The van der Waals surface area contributed by atoms with Gasteiger partial charge in [0, 0.05) is 13.2 Å². The van der Waals surface area contributed by atoms with Crippen molar-refractivity contribution in [3.8, 4) is 0 Å². The van der Waals surface area contributed by atoms with Gasteiger partial charge in [0.1, 0.15) is 0 Å². The molecule has 1 saturated heterocycles. The van der Waals surface area contributed by atoms with Gasteiger partial charge in [-0.05, 0) is 31.7 Å². The molecule has 0 amide bonds. The molecule has 1 saturated carbocycles. The first-order chi connectivity index (χ1) is 4.97. The highest BCUT2D eigenvalue weighted by Crippen LogP contribution is 2.30. The van der Waals surface area contributed by atoms with Crippen LogP contribution in [0.1, 0.15) is 19.3 Å². The molecule has 0 radical (unpaired) electrons. The van der Waals surface area contributed by atoms with E-state index in [-0.39, 0.29) is 0 Å². The highest BCUT2D eigenvalue weighted by Gasteiger charge is 2.31. The van der Waals surface area contributed by atoms with E-state index in [1.54, 1.807) is 0 Å². The summed E-state index contributed by atoms with van der Waals surface area (Å²) in [5.74, 6) is 0.834. The number of nitrogens with one attached hydrogen (secondary N) is 1. The van der Waals surface area contributed by atoms with Crippen LogP contribution in [0, 0.1) is 5.92 Å². The molecule has 2 nitrogen and oxygen atoms in total. The Bertz CT molecular complexity index is 102. The van der Waals surface area contributed by atoms with E-state index in [4.69, 9.17) is 4.74 Å². The van der Waals surface area contributed by atoms with Crippen LogP contribution in [0.5, 0.6) is 0 Å². The smallest absolute Gasteiger partial charge is 0.0615 e. The Balaban J connectivity index is 1.83. The number of rotatable bonds is 0. The lowest BCUT2D eigenvalue weighted by atomic mass is 9.81. The van der Waals surface area contributed by atoms with Crippen LogP contribution >= 0.6 is 0 Å². The Morgan fingerprint density at radius 2 is 2.30 bits per heavy atom. The number of hydrogen-bond donors (Lipinski definition) is 1. The second kappa shape index (κ2) is 2.89. The van der Waals surface area contributed by atoms with Crippen molar-refractivity contribution in [1.29, 1.82) is 0 Å². The molecule has 58 valence electrons. The summed E-state index contributed by atoms with van der Waals surface area (Å²) < 4.78 is 5.64. The van der Waals surface area contributed by atoms with Gasteiger partial charge in [0.05, 0.1) is 6.10 Å². The lowest BCUT2D eigenvalue weighted by Gasteiger charge is -2.38. The summed E-state index contributed by atoms with van der Waals surface area (Å²) >= 11 is 0. The van der Waals surface area contributed by atoms with Gasteiger partial charge in [0.25, 0.3) is 0 Å². The molecule has 2 aliphatic rings. The summed E-state index contributed by atoms with van der Waals surface area (Å²) in [6.45, 7) is 3.29. The van der Waals surface area contributed by atoms with Crippen molar-refractivity contribution in [2.45, 2.75) is 25.4 Å². The molecule has 0 spiro atoms. The van der Waals surface area contributed by atoms with Gasteiger partial charge in [0.15, 0.2) is 0 Å². The third kappa shape index (κ3) is 1.18. The molecule has 1 aliphatic carbocycles. The standard InChI is InChI=1S/C8H15NO/c1-4-9-6-7-2-3-8(7)10-5-1/h7-9H,1-6H2. The Labute approximate surface area is 61.9 Å². The molecule has 2 atom stereocenters. The Kier molecular flexibility index (Phi) is 1.91. The second-order valence-corrected chi connectivity index (χ2v) is 3.30. The van der Waals surface area contributed by atoms with Crippen LogP contribution in [0.4, 0.5) is 0 Å². The minimum atomic E-state index is 0.604. The predicted octanol–water partition coefficient (Wildman–Crippen LogP) is 0.775. The average Bonchev–Trinajstić information content (AvgIpc) is 1.89. The van der Waals surface area contributed by atoms with Crippen LogP contribution in [0.2, 0.25) is 0 Å². The van der Waals surface area contributed by atoms with Crippen LogP contribution in [0.25, 0.3) is 0 Å². The molecule has 1 aliphatic heterocycles. The molecule has 1 N–H and O–H groups in total. The van der Waals surface area contributed by atoms with Gasteiger partial charge in [-0.25, -0.2) is 0 Å². The van der Waals surface area contributed by atoms with Crippen molar-refractivity contribution in [3.05, 3.63) is 0 Å². The maximum absolute atomic E-state index is 5.64. The number of fused-ring (bicyclic) bond motifs is 1. The topological polar surface area (TPSA) is 21.3 Å². The zero-order valence-corrected chi connectivity index (χ0v) is 6.31. The monoisotopic (exact) mass is 141 g/mol. The maximum Gasteiger partial charge on any atom is 0.0615 e. The molecule has 0 aromatic rings. The van der Waals surface area contributed by atoms with Crippen molar-refractivity contribution in [2.75, 3.05) is 19.7 Å². The fourth-order valence-corrected chi connectivity index (χ4v) is 1.71. The van der Waals surface area contributed by atoms with Crippen molar-refractivity contribution < 1.29 is 4.74 Å². The summed E-state index contributed by atoms with van der Waals surface area (Å²) in [5, 5.41) is 3.44. The summed E-state index contributed by atoms with van der Waals surface area (Å²) in [6.07, 6.45) is 4.46. The molecule has 2 rings (SSSR count). The maximum atomic E-state index is 5.64. The molecular weight excluding hydrogens is 126 g/mol. The molecule has 10 heavy (non-hydrogen) atoms. The van der Waals surface area contributed by atoms with Crippen LogP contribution in [0.15, 0.2) is 0 Å². The van der Waals surface area contributed by atoms with Gasteiger partial charge in [-0.3, -0.25) is 0 Å². The third-order valence-corrected chi connectivity index (χ3v) is 2.58. The van der Waals surface area contributed by atoms with Gasteiger partial charge >= 0.3 is 0 Å². The highest BCUT2D eigenvalue weighted by atomic mass is 16.5. The summed E-state index contributed by atoms with van der Waals surface area (Å²) in [5.41, 5.74) is 0. The molecule has 0 aromatic heterocycles. The first-order valence-electron chi connectivity index (χ1n) is 4.29. The molecule has 0 aromatic carbocycles. The van der Waals surface area contributed by atoms with Gasteiger partial charge in [-0.2, -0.15) is 0 Å². The van der Waals surface area contributed by atoms with E-state index in [2.05, 4.69) is 5.32 Å². The van der Waals surface area contributed by atoms with Crippen LogP contribution in [-0.4, -0.2) is 25.8 Å². The normalized spacial score (nSPS) is 40.8. The van der Waals surface area contributed by atoms with E-state index in [0.717, 1.165) is 19.1 Å². The molecule has 2 unspecified atom stereocenters. The largest absolute Gasteiger partial charge is 0.378 e. The van der Waals surface area contributed by atoms with E-state index in [9.17, 15) is 0 Å². The Morgan fingerprint density at radius 1 is 1.30 bits per heavy atom. The first-order valence-corrected chi connectivity index (χ1v) is 4.29. The molecular formula is C8H15NO. The highest BCUT2D eigenvalue weighted by molar-refractivity contribution is 4.84. The molecule has 2 heteroatoms. The minimum absolute atomic E-state index is 0.604. The summed E-state index contributed by atoms with van der Waals surface area (Å²) in [7, 11) is 0. The fourth-order valence-electron chi connectivity index (χ4n) is 1.71. The molecule has 0 bridgehead atoms. The second-order valence-electron chi connectivity index (χ2n) is 3.30. The van der Waals surface area contributed by atoms with Gasteiger partial charge in [0.2, 0.25) is 0 Å². The van der Waals surface area contributed by atoms with E-state index in [1.165, 1.54) is 25.8 Å². The molecule has 2 fully saturated rings. The lowest BCUT2D eigenvalue weighted by molar-refractivity contribution is -0.0532.